The van der Waals surface area contributed by atoms with Crippen LogP contribution in [0.4, 0.5) is 17.2 Å². The molecule has 0 saturated carbocycles. The molecule has 0 unspecified atom stereocenters. The van der Waals surface area contributed by atoms with Crippen LogP contribution >= 0.6 is 0 Å². The van der Waals surface area contributed by atoms with E-state index >= 15 is 0 Å². The lowest BCUT2D eigenvalue weighted by molar-refractivity contribution is 0.415. The lowest BCUT2D eigenvalue weighted by Gasteiger charge is -2.02. The zero-order valence-corrected chi connectivity index (χ0v) is 13.0. The Morgan fingerprint density at radius 3 is 2.35 bits per heavy atom. The maximum absolute atomic E-state index is 6.17. The van der Waals surface area contributed by atoms with E-state index in [1.807, 2.05) is 61.5 Å². The summed E-state index contributed by atoms with van der Waals surface area (Å²) >= 11 is 0. The van der Waals surface area contributed by atoms with Crippen molar-refractivity contribution >= 4 is 17.2 Å². The molecule has 0 aliphatic heterocycles. The number of nitrogen functional groups attached to an aromatic ring is 1. The van der Waals surface area contributed by atoms with Gasteiger partial charge >= 0.3 is 0 Å². The smallest absolute Gasteiger partial charge is 0.155 e. The quantitative estimate of drug-likeness (QED) is 0.734. The van der Waals surface area contributed by atoms with Gasteiger partial charge in [-0.2, -0.15) is 10.2 Å². The molecule has 6 heteroatoms. The molecule has 3 rings (SSSR count). The fourth-order valence-electron chi connectivity index (χ4n) is 2.18. The van der Waals surface area contributed by atoms with Crippen molar-refractivity contribution in [3.63, 3.8) is 0 Å². The SMILES string of the molecule is COc1ccc(N=Nc2c(C)nn(-c3ccccc3)c2N)cc1. The zero-order chi connectivity index (χ0) is 16.2. The van der Waals surface area contributed by atoms with E-state index in [9.17, 15) is 0 Å². The summed E-state index contributed by atoms with van der Waals surface area (Å²) in [6, 6.07) is 17.0. The summed E-state index contributed by atoms with van der Waals surface area (Å²) in [6.07, 6.45) is 0. The Morgan fingerprint density at radius 2 is 1.70 bits per heavy atom. The van der Waals surface area contributed by atoms with Crippen molar-refractivity contribution in [1.82, 2.24) is 9.78 Å². The molecule has 0 amide bonds. The number of rotatable bonds is 4. The van der Waals surface area contributed by atoms with Gasteiger partial charge in [0.15, 0.2) is 11.5 Å². The molecule has 3 aromatic rings. The molecule has 1 aromatic heterocycles. The van der Waals surface area contributed by atoms with Gasteiger partial charge in [0.05, 0.1) is 24.2 Å². The van der Waals surface area contributed by atoms with Crippen LogP contribution < -0.4 is 10.5 Å². The second-order valence-corrected chi connectivity index (χ2v) is 4.96. The number of ether oxygens (including phenoxy) is 1. The maximum atomic E-state index is 6.17. The van der Waals surface area contributed by atoms with Crippen LogP contribution in [-0.2, 0) is 0 Å². The van der Waals surface area contributed by atoms with Gasteiger partial charge in [-0.05, 0) is 43.3 Å². The monoisotopic (exact) mass is 307 g/mol. The van der Waals surface area contributed by atoms with Crippen molar-refractivity contribution in [2.75, 3.05) is 12.8 Å². The van der Waals surface area contributed by atoms with Gasteiger partial charge in [-0.15, -0.1) is 5.11 Å². The van der Waals surface area contributed by atoms with Gasteiger partial charge in [0.1, 0.15) is 5.75 Å². The number of azo groups is 1. The van der Waals surface area contributed by atoms with Crippen molar-refractivity contribution in [2.45, 2.75) is 6.92 Å². The Kier molecular flexibility index (Phi) is 4.05. The van der Waals surface area contributed by atoms with Crippen molar-refractivity contribution in [3.8, 4) is 11.4 Å². The molecule has 1 heterocycles. The summed E-state index contributed by atoms with van der Waals surface area (Å²) in [5, 5.41) is 12.9. The zero-order valence-electron chi connectivity index (χ0n) is 13.0. The van der Waals surface area contributed by atoms with E-state index < -0.39 is 0 Å². The predicted molar refractivity (Wildman–Crippen MR) is 89.9 cm³/mol. The number of benzene rings is 2. The summed E-state index contributed by atoms with van der Waals surface area (Å²) in [5.74, 6) is 1.24. The number of methoxy groups -OCH3 is 1. The van der Waals surface area contributed by atoms with Gasteiger partial charge in [-0.25, -0.2) is 4.68 Å². The molecular formula is C17H17N5O. The van der Waals surface area contributed by atoms with Gasteiger partial charge in [0.25, 0.3) is 0 Å². The highest BCUT2D eigenvalue weighted by atomic mass is 16.5. The van der Waals surface area contributed by atoms with Crippen LogP contribution in [0.15, 0.2) is 64.8 Å². The second kappa shape index (κ2) is 6.31. The Labute approximate surface area is 134 Å². The summed E-state index contributed by atoms with van der Waals surface area (Å²) in [6.45, 7) is 1.86. The van der Waals surface area contributed by atoms with E-state index in [4.69, 9.17) is 10.5 Å². The van der Waals surface area contributed by atoms with Crippen molar-refractivity contribution in [1.29, 1.82) is 0 Å². The third-order valence-corrected chi connectivity index (χ3v) is 3.40. The van der Waals surface area contributed by atoms with E-state index in [-0.39, 0.29) is 0 Å². The first-order valence-electron chi connectivity index (χ1n) is 7.15. The van der Waals surface area contributed by atoms with Gasteiger partial charge in [-0.3, -0.25) is 0 Å². The molecule has 2 N–H and O–H groups in total. The minimum absolute atomic E-state index is 0.464. The Morgan fingerprint density at radius 1 is 1.00 bits per heavy atom. The summed E-state index contributed by atoms with van der Waals surface area (Å²) < 4.78 is 6.78. The number of hydrogen-bond donors (Lipinski definition) is 1. The van der Waals surface area contributed by atoms with E-state index in [0.29, 0.717) is 11.5 Å². The molecule has 23 heavy (non-hydrogen) atoms. The number of nitrogens with two attached hydrogens (primary N) is 1. The molecule has 116 valence electrons. The fourth-order valence-corrected chi connectivity index (χ4v) is 2.18. The van der Waals surface area contributed by atoms with Crippen LogP contribution in [0.25, 0.3) is 5.69 Å². The van der Waals surface area contributed by atoms with E-state index in [2.05, 4.69) is 15.3 Å². The Bertz CT molecular complexity index is 822. The molecule has 0 atom stereocenters. The molecule has 2 aromatic carbocycles. The highest BCUT2D eigenvalue weighted by Gasteiger charge is 2.13. The molecule has 0 bridgehead atoms. The molecule has 6 nitrogen and oxygen atoms in total. The molecule has 0 radical (unpaired) electrons. The molecule has 0 aliphatic carbocycles. The van der Waals surface area contributed by atoms with Crippen LogP contribution in [0.2, 0.25) is 0 Å². The largest absolute Gasteiger partial charge is 0.497 e. The molecule has 0 saturated heterocycles. The number of aromatic nitrogens is 2. The normalized spacial score (nSPS) is 11.0. The van der Waals surface area contributed by atoms with Crippen molar-refractivity contribution in [3.05, 3.63) is 60.3 Å². The van der Waals surface area contributed by atoms with E-state index in [1.54, 1.807) is 11.8 Å². The molecular weight excluding hydrogens is 290 g/mol. The first kappa shape index (κ1) is 14.8. The molecule has 0 fully saturated rings. The minimum atomic E-state index is 0.464. The summed E-state index contributed by atoms with van der Waals surface area (Å²) in [4.78, 5) is 0. The first-order chi connectivity index (χ1) is 11.2. The molecule has 0 spiro atoms. The highest BCUT2D eigenvalue weighted by Crippen LogP contribution is 2.30. The molecule has 0 aliphatic rings. The topological polar surface area (TPSA) is 77.8 Å². The van der Waals surface area contributed by atoms with E-state index in [0.717, 1.165) is 22.8 Å². The number of nitrogens with zero attached hydrogens (tertiary/aromatic N) is 4. The number of para-hydroxylation sites is 1. The summed E-state index contributed by atoms with van der Waals surface area (Å²) in [7, 11) is 1.62. The fraction of sp³-hybridized carbons (Fsp3) is 0.118. The number of hydrogen-bond acceptors (Lipinski definition) is 5. The lowest BCUT2D eigenvalue weighted by Crippen LogP contribution is -2.01. The number of anilines is 1. The van der Waals surface area contributed by atoms with Crippen LogP contribution in [0.3, 0.4) is 0 Å². The van der Waals surface area contributed by atoms with Crippen LogP contribution in [0.1, 0.15) is 5.69 Å². The van der Waals surface area contributed by atoms with Crippen molar-refractivity contribution < 1.29 is 4.74 Å². The lowest BCUT2D eigenvalue weighted by atomic mass is 10.3. The third kappa shape index (κ3) is 3.06. The first-order valence-corrected chi connectivity index (χ1v) is 7.15. The van der Waals surface area contributed by atoms with Gasteiger partial charge in [0.2, 0.25) is 0 Å². The van der Waals surface area contributed by atoms with Crippen molar-refractivity contribution in [2.24, 2.45) is 10.2 Å². The Balaban J connectivity index is 1.91. The van der Waals surface area contributed by atoms with Gasteiger partial charge < -0.3 is 10.5 Å². The van der Waals surface area contributed by atoms with Crippen LogP contribution in [0.5, 0.6) is 5.75 Å². The third-order valence-electron chi connectivity index (χ3n) is 3.40. The average Bonchev–Trinajstić information content (AvgIpc) is 2.88. The minimum Gasteiger partial charge on any atom is -0.497 e. The van der Waals surface area contributed by atoms with Gasteiger partial charge in [-0.1, -0.05) is 18.2 Å². The predicted octanol–water partition coefficient (Wildman–Crippen LogP) is 4.19. The van der Waals surface area contributed by atoms with Crippen LogP contribution in [-0.4, -0.2) is 16.9 Å². The average molecular weight is 307 g/mol. The second-order valence-electron chi connectivity index (χ2n) is 4.96. The van der Waals surface area contributed by atoms with Crippen LogP contribution in [0, 0.1) is 6.92 Å². The number of aryl methyl sites for hydroxylation is 1. The van der Waals surface area contributed by atoms with Gasteiger partial charge in [0, 0.05) is 0 Å². The highest BCUT2D eigenvalue weighted by molar-refractivity contribution is 5.64. The maximum Gasteiger partial charge on any atom is 0.155 e. The summed E-state index contributed by atoms with van der Waals surface area (Å²) in [5.41, 5.74) is 9.08. The standard InChI is InChI=1S/C17H17N5O/c1-12-16(20-19-13-8-10-15(23-2)11-9-13)17(18)22(21-12)14-6-4-3-5-7-14/h3-11H,18H2,1-2H3. The Hall–Kier alpha value is -3.15. The van der Waals surface area contributed by atoms with E-state index in [1.165, 1.54) is 0 Å².